The van der Waals surface area contributed by atoms with Crippen molar-refractivity contribution in [3.63, 3.8) is 0 Å². The van der Waals surface area contributed by atoms with Gasteiger partial charge in [-0.2, -0.15) is 0 Å². The van der Waals surface area contributed by atoms with Crippen LogP contribution < -0.4 is 10.9 Å². The van der Waals surface area contributed by atoms with Crippen LogP contribution in [0.5, 0.6) is 0 Å². The minimum absolute atomic E-state index is 0.0231. The molecule has 9 heteroatoms. The van der Waals surface area contributed by atoms with Gasteiger partial charge in [-0.05, 0) is 30.7 Å². The Bertz CT molecular complexity index is 1410. The van der Waals surface area contributed by atoms with Crippen molar-refractivity contribution >= 4 is 50.6 Å². The SMILES string of the molecule is CCCn1c(=O)c2ccccc2n2c(SCc3csc(Nc4ccccc4)n3)nnc12. The van der Waals surface area contributed by atoms with Crippen molar-refractivity contribution in [2.45, 2.75) is 30.8 Å². The number of benzene rings is 2. The Hall–Kier alpha value is -3.17. The van der Waals surface area contributed by atoms with Crippen molar-refractivity contribution in [3.8, 4) is 0 Å². The number of anilines is 2. The lowest BCUT2D eigenvalue weighted by molar-refractivity contribution is 0.662. The molecule has 0 bridgehead atoms. The number of para-hydroxylation sites is 2. The van der Waals surface area contributed by atoms with Gasteiger partial charge >= 0.3 is 0 Å². The van der Waals surface area contributed by atoms with Gasteiger partial charge in [0.05, 0.1) is 16.6 Å². The Morgan fingerprint density at radius 3 is 2.71 bits per heavy atom. The van der Waals surface area contributed by atoms with Crippen molar-refractivity contribution < 1.29 is 0 Å². The first-order valence-electron chi connectivity index (χ1n) is 10.0. The van der Waals surface area contributed by atoms with Gasteiger partial charge in [0.1, 0.15) is 0 Å². The number of nitrogens with zero attached hydrogens (tertiary/aromatic N) is 5. The molecule has 0 aliphatic rings. The number of aromatic nitrogens is 5. The van der Waals surface area contributed by atoms with Gasteiger partial charge in [-0.1, -0.05) is 49.0 Å². The second kappa shape index (κ2) is 8.52. The van der Waals surface area contributed by atoms with Gasteiger partial charge in [0.15, 0.2) is 10.3 Å². The molecule has 7 nitrogen and oxygen atoms in total. The molecule has 0 spiro atoms. The average Bonchev–Trinajstić information content (AvgIpc) is 3.43. The monoisotopic (exact) mass is 448 g/mol. The van der Waals surface area contributed by atoms with Gasteiger partial charge in [-0.15, -0.1) is 21.5 Å². The summed E-state index contributed by atoms with van der Waals surface area (Å²) >= 11 is 3.14. The highest BCUT2D eigenvalue weighted by Crippen LogP contribution is 2.27. The second-order valence-electron chi connectivity index (χ2n) is 7.02. The third-order valence-electron chi connectivity index (χ3n) is 4.85. The maximum absolute atomic E-state index is 12.9. The number of hydrogen-bond acceptors (Lipinski definition) is 7. The summed E-state index contributed by atoms with van der Waals surface area (Å²) in [4.78, 5) is 17.6. The standard InChI is InChI=1S/C22H20N6OS2/c1-2-12-27-19(29)17-10-6-7-11-18(17)28-21(27)25-26-22(28)31-14-16-13-30-20(24-16)23-15-8-4-3-5-9-15/h3-11,13H,2,12,14H2,1H3,(H,23,24). The maximum atomic E-state index is 12.9. The molecular weight excluding hydrogens is 428 g/mol. The highest BCUT2D eigenvalue weighted by Gasteiger charge is 2.16. The third kappa shape index (κ3) is 3.82. The molecule has 0 amide bonds. The number of hydrogen-bond donors (Lipinski definition) is 1. The van der Waals surface area contributed by atoms with E-state index >= 15 is 0 Å². The van der Waals surface area contributed by atoms with Crippen molar-refractivity contribution in [2.24, 2.45) is 0 Å². The summed E-state index contributed by atoms with van der Waals surface area (Å²) in [5.41, 5.74) is 2.79. The second-order valence-corrected chi connectivity index (χ2v) is 8.82. The Balaban J connectivity index is 1.45. The molecule has 0 aliphatic heterocycles. The minimum Gasteiger partial charge on any atom is -0.332 e. The first-order valence-corrected chi connectivity index (χ1v) is 11.9. The zero-order valence-corrected chi connectivity index (χ0v) is 18.5. The lowest BCUT2D eigenvalue weighted by Gasteiger charge is -2.10. The number of thiazole rings is 1. The largest absolute Gasteiger partial charge is 0.332 e. The Kier molecular flexibility index (Phi) is 5.44. The van der Waals surface area contributed by atoms with Crippen molar-refractivity contribution in [3.05, 3.63) is 76.0 Å². The molecule has 31 heavy (non-hydrogen) atoms. The van der Waals surface area contributed by atoms with Crippen LogP contribution in [0.2, 0.25) is 0 Å². The predicted octanol–water partition coefficient (Wildman–Crippen LogP) is 4.95. The third-order valence-corrected chi connectivity index (χ3v) is 6.62. The summed E-state index contributed by atoms with van der Waals surface area (Å²) in [6.45, 7) is 2.66. The molecule has 2 aromatic carbocycles. The molecule has 5 aromatic rings. The fourth-order valence-electron chi connectivity index (χ4n) is 3.47. The molecule has 5 rings (SSSR count). The fraction of sp³-hybridized carbons (Fsp3) is 0.182. The van der Waals surface area contributed by atoms with E-state index in [1.165, 1.54) is 0 Å². The summed E-state index contributed by atoms with van der Waals surface area (Å²) in [6, 6.07) is 17.6. The lowest BCUT2D eigenvalue weighted by atomic mass is 10.2. The smallest absolute Gasteiger partial charge is 0.262 e. The van der Waals surface area contributed by atoms with Gasteiger partial charge in [0.25, 0.3) is 5.56 Å². The summed E-state index contributed by atoms with van der Waals surface area (Å²) < 4.78 is 3.69. The summed E-state index contributed by atoms with van der Waals surface area (Å²) in [6.07, 6.45) is 0.846. The zero-order valence-electron chi connectivity index (χ0n) is 16.9. The molecule has 3 aromatic heterocycles. The van der Waals surface area contributed by atoms with E-state index in [4.69, 9.17) is 0 Å². The van der Waals surface area contributed by atoms with E-state index in [1.54, 1.807) is 27.7 Å². The van der Waals surface area contributed by atoms with Crippen LogP contribution in [0.15, 0.2) is 69.9 Å². The maximum Gasteiger partial charge on any atom is 0.262 e. The molecule has 0 saturated carbocycles. The number of thioether (sulfide) groups is 1. The fourth-order valence-corrected chi connectivity index (χ4v) is 5.13. The number of nitrogens with one attached hydrogen (secondary N) is 1. The number of fused-ring (bicyclic) bond motifs is 3. The van der Waals surface area contributed by atoms with Crippen LogP contribution in [0.1, 0.15) is 19.0 Å². The summed E-state index contributed by atoms with van der Waals surface area (Å²) in [5.74, 6) is 1.24. The number of aryl methyl sites for hydroxylation is 1. The lowest BCUT2D eigenvalue weighted by Crippen LogP contribution is -2.23. The molecule has 0 saturated heterocycles. The quantitative estimate of drug-likeness (QED) is 0.355. The van der Waals surface area contributed by atoms with Crippen LogP contribution in [-0.2, 0) is 12.3 Å². The highest BCUT2D eigenvalue weighted by atomic mass is 32.2. The molecule has 0 radical (unpaired) electrons. The topological polar surface area (TPSA) is 77.1 Å². The predicted molar refractivity (Wildman–Crippen MR) is 126 cm³/mol. The Morgan fingerprint density at radius 1 is 1.06 bits per heavy atom. The van der Waals surface area contributed by atoms with Gasteiger partial charge in [0.2, 0.25) is 5.78 Å². The first kappa shape index (κ1) is 19.8. The van der Waals surface area contributed by atoms with Gasteiger partial charge in [-0.25, -0.2) is 4.98 Å². The van der Waals surface area contributed by atoms with E-state index in [-0.39, 0.29) is 5.56 Å². The van der Waals surface area contributed by atoms with E-state index in [2.05, 4.69) is 20.5 Å². The Morgan fingerprint density at radius 2 is 1.87 bits per heavy atom. The molecule has 3 heterocycles. The van der Waals surface area contributed by atoms with Crippen LogP contribution in [0.4, 0.5) is 10.8 Å². The van der Waals surface area contributed by atoms with Gasteiger partial charge < -0.3 is 5.32 Å². The molecule has 156 valence electrons. The highest BCUT2D eigenvalue weighted by molar-refractivity contribution is 7.98. The van der Waals surface area contributed by atoms with Crippen LogP contribution in [0.25, 0.3) is 16.7 Å². The normalized spacial score (nSPS) is 11.4. The first-order chi connectivity index (χ1) is 15.2. The van der Waals surface area contributed by atoms with Crippen molar-refractivity contribution in [1.82, 2.24) is 24.1 Å². The minimum atomic E-state index is -0.0231. The molecule has 0 fully saturated rings. The van der Waals surface area contributed by atoms with E-state index in [1.807, 2.05) is 71.3 Å². The molecule has 0 aliphatic carbocycles. The van der Waals surface area contributed by atoms with E-state index in [0.29, 0.717) is 23.5 Å². The van der Waals surface area contributed by atoms with E-state index in [0.717, 1.165) is 33.6 Å². The van der Waals surface area contributed by atoms with Crippen molar-refractivity contribution in [1.29, 1.82) is 0 Å². The molecule has 0 unspecified atom stereocenters. The van der Waals surface area contributed by atoms with Gasteiger partial charge in [-0.3, -0.25) is 13.8 Å². The van der Waals surface area contributed by atoms with Crippen LogP contribution in [0.3, 0.4) is 0 Å². The Labute approximate surface area is 186 Å². The zero-order chi connectivity index (χ0) is 21.2. The van der Waals surface area contributed by atoms with Crippen molar-refractivity contribution in [2.75, 3.05) is 5.32 Å². The molecular formula is C22H20N6OS2. The summed E-state index contributed by atoms with van der Waals surface area (Å²) in [7, 11) is 0. The van der Waals surface area contributed by atoms with Crippen LogP contribution >= 0.6 is 23.1 Å². The molecule has 0 atom stereocenters. The average molecular weight is 449 g/mol. The van der Waals surface area contributed by atoms with Crippen LogP contribution in [0, 0.1) is 0 Å². The van der Waals surface area contributed by atoms with E-state index < -0.39 is 0 Å². The summed E-state index contributed by atoms with van der Waals surface area (Å²) in [5, 5.41) is 16.4. The van der Waals surface area contributed by atoms with E-state index in [9.17, 15) is 4.79 Å². The van der Waals surface area contributed by atoms with Gasteiger partial charge in [0, 0.05) is 23.4 Å². The van der Waals surface area contributed by atoms with Crippen LogP contribution in [-0.4, -0.2) is 24.1 Å². The number of rotatable bonds is 7. The molecule has 1 N–H and O–H groups in total.